The number of aliphatic hydroxyl groups excluding tert-OH is 1. The van der Waals surface area contributed by atoms with Crippen molar-refractivity contribution >= 4 is 40.4 Å². The summed E-state index contributed by atoms with van der Waals surface area (Å²) in [5.41, 5.74) is 0.601. The van der Waals surface area contributed by atoms with E-state index in [1.165, 1.54) is 11.5 Å². The van der Waals surface area contributed by atoms with Gasteiger partial charge in [0.2, 0.25) is 0 Å². The summed E-state index contributed by atoms with van der Waals surface area (Å²) in [7, 11) is 1.49. The van der Waals surface area contributed by atoms with Crippen LogP contribution in [-0.4, -0.2) is 21.6 Å². The highest BCUT2D eigenvalue weighted by Crippen LogP contribution is 2.33. The van der Waals surface area contributed by atoms with Gasteiger partial charge < -0.3 is 19.9 Å². The van der Waals surface area contributed by atoms with E-state index < -0.39 is 12.2 Å². The van der Waals surface area contributed by atoms with Gasteiger partial charge in [0.15, 0.2) is 11.4 Å². The van der Waals surface area contributed by atoms with Crippen molar-refractivity contribution in [3.8, 4) is 17.2 Å². The number of anilines is 2. The second-order valence-electron chi connectivity index (χ2n) is 6.50. The molecule has 0 amide bonds. The molecular weight excluding hydrogens is 441 g/mol. The number of fused-ring (bicyclic) bond motifs is 1. The first-order chi connectivity index (χ1) is 15.0. The fourth-order valence-electron chi connectivity index (χ4n) is 3.01. The third kappa shape index (κ3) is 4.29. The lowest BCUT2D eigenvalue weighted by atomic mass is 10.2. The number of ether oxygens (including phenoxy) is 2. The third-order valence-electron chi connectivity index (χ3n) is 4.53. The summed E-state index contributed by atoms with van der Waals surface area (Å²) in [6.45, 7) is -0.486. The van der Waals surface area contributed by atoms with Crippen molar-refractivity contribution in [2.45, 2.75) is 6.61 Å². The number of pyridine rings is 1. The Labute approximate surface area is 187 Å². The smallest absolute Gasteiger partial charge is 0.265 e. The normalized spacial score (nSPS) is 10.8. The average Bonchev–Trinajstić information content (AvgIpc) is 2.77. The van der Waals surface area contributed by atoms with Gasteiger partial charge in [-0.2, -0.15) is 0 Å². The van der Waals surface area contributed by atoms with E-state index in [1.54, 1.807) is 60.8 Å². The topological polar surface area (TPSA) is 85.1 Å². The summed E-state index contributed by atoms with van der Waals surface area (Å²) in [6.07, 6.45) is 1.57. The predicted octanol–water partition coefficient (Wildman–Crippen LogP) is 5.04. The molecule has 0 fully saturated rings. The highest BCUT2D eigenvalue weighted by molar-refractivity contribution is 6.32. The van der Waals surface area contributed by atoms with Crippen LogP contribution in [-0.2, 0) is 6.61 Å². The highest BCUT2D eigenvalue weighted by atomic mass is 35.5. The SMILES string of the molecule is COc1cccn2c(=O)c(CO)c(Nc3ccc(Oc4ccc(Cl)cc4)c(Cl)c3)nc12. The summed E-state index contributed by atoms with van der Waals surface area (Å²) in [6, 6.07) is 15.3. The first-order valence-electron chi connectivity index (χ1n) is 9.19. The zero-order valence-corrected chi connectivity index (χ0v) is 17.8. The minimum absolute atomic E-state index is 0.114. The number of nitrogens with one attached hydrogen (secondary N) is 1. The van der Waals surface area contributed by atoms with Crippen LogP contribution in [0.3, 0.4) is 0 Å². The molecule has 4 rings (SSSR count). The van der Waals surface area contributed by atoms with Gasteiger partial charge >= 0.3 is 0 Å². The molecule has 0 saturated heterocycles. The molecule has 0 saturated carbocycles. The van der Waals surface area contributed by atoms with Crippen LogP contribution >= 0.6 is 23.2 Å². The van der Waals surface area contributed by atoms with Gasteiger partial charge in [-0.25, -0.2) is 4.98 Å². The molecule has 7 nitrogen and oxygen atoms in total. The average molecular weight is 458 g/mol. The fraction of sp³-hybridized carbons (Fsp3) is 0.0909. The van der Waals surface area contributed by atoms with Gasteiger partial charge in [0.05, 0.1) is 24.3 Å². The monoisotopic (exact) mass is 457 g/mol. The van der Waals surface area contributed by atoms with Gasteiger partial charge in [0.25, 0.3) is 5.56 Å². The highest BCUT2D eigenvalue weighted by Gasteiger charge is 2.15. The fourth-order valence-corrected chi connectivity index (χ4v) is 3.35. The van der Waals surface area contributed by atoms with E-state index in [2.05, 4.69) is 10.3 Å². The Morgan fingerprint density at radius 2 is 1.87 bits per heavy atom. The zero-order chi connectivity index (χ0) is 22.0. The van der Waals surface area contributed by atoms with E-state index in [0.29, 0.717) is 38.6 Å². The molecule has 158 valence electrons. The van der Waals surface area contributed by atoms with Crippen LogP contribution < -0.4 is 20.3 Å². The minimum atomic E-state index is -0.486. The molecule has 0 bridgehead atoms. The third-order valence-corrected chi connectivity index (χ3v) is 5.07. The van der Waals surface area contributed by atoms with Gasteiger partial charge in [-0.1, -0.05) is 23.2 Å². The summed E-state index contributed by atoms with van der Waals surface area (Å²) < 4.78 is 12.4. The Morgan fingerprint density at radius 3 is 2.55 bits per heavy atom. The largest absolute Gasteiger partial charge is 0.493 e. The molecule has 0 unspecified atom stereocenters. The van der Waals surface area contributed by atoms with Crippen LogP contribution in [0.25, 0.3) is 5.65 Å². The maximum atomic E-state index is 12.8. The Kier molecular flexibility index (Phi) is 5.99. The maximum Gasteiger partial charge on any atom is 0.265 e. The molecule has 0 aliphatic carbocycles. The number of hydrogen-bond donors (Lipinski definition) is 2. The molecule has 0 spiro atoms. The Hall–Kier alpha value is -3.26. The molecule has 2 heterocycles. The molecule has 2 aromatic carbocycles. The minimum Gasteiger partial charge on any atom is -0.493 e. The predicted molar refractivity (Wildman–Crippen MR) is 120 cm³/mol. The van der Waals surface area contributed by atoms with Crippen molar-refractivity contribution in [3.63, 3.8) is 0 Å². The summed E-state index contributed by atoms with van der Waals surface area (Å²) >= 11 is 12.3. The summed E-state index contributed by atoms with van der Waals surface area (Å²) in [4.78, 5) is 17.3. The number of hydrogen-bond acceptors (Lipinski definition) is 6. The Morgan fingerprint density at radius 1 is 1.10 bits per heavy atom. The summed E-state index contributed by atoms with van der Waals surface area (Å²) in [5.74, 6) is 1.67. The van der Waals surface area contributed by atoms with E-state index >= 15 is 0 Å². The molecule has 0 radical (unpaired) electrons. The number of benzene rings is 2. The number of rotatable bonds is 6. The van der Waals surface area contributed by atoms with Crippen LogP contribution in [0.15, 0.2) is 65.6 Å². The number of nitrogens with zero attached hydrogens (tertiary/aromatic N) is 2. The van der Waals surface area contributed by atoms with E-state index in [4.69, 9.17) is 32.7 Å². The molecule has 0 atom stereocenters. The lowest BCUT2D eigenvalue weighted by molar-refractivity contribution is 0.280. The maximum absolute atomic E-state index is 12.8. The summed E-state index contributed by atoms with van der Waals surface area (Å²) in [5, 5.41) is 13.8. The molecule has 0 aliphatic rings. The first kappa shape index (κ1) is 21.0. The molecule has 4 aromatic rings. The van der Waals surface area contributed by atoms with Gasteiger partial charge in [0, 0.05) is 16.9 Å². The van der Waals surface area contributed by atoms with E-state index in [1.807, 2.05) is 0 Å². The first-order valence-corrected chi connectivity index (χ1v) is 9.95. The molecule has 2 N–H and O–H groups in total. The van der Waals surface area contributed by atoms with Gasteiger partial charge in [-0.15, -0.1) is 0 Å². The lowest BCUT2D eigenvalue weighted by Crippen LogP contribution is -2.22. The van der Waals surface area contributed by atoms with Gasteiger partial charge in [0.1, 0.15) is 17.3 Å². The van der Waals surface area contributed by atoms with Gasteiger partial charge in [-0.3, -0.25) is 9.20 Å². The van der Waals surface area contributed by atoms with Crippen LogP contribution in [0.5, 0.6) is 17.2 Å². The second kappa shape index (κ2) is 8.85. The van der Waals surface area contributed by atoms with Crippen molar-refractivity contribution in [1.29, 1.82) is 0 Å². The van der Waals surface area contributed by atoms with E-state index in [-0.39, 0.29) is 11.4 Å². The quantitative estimate of drug-likeness (QED) is 0.421. The van der Waals surface area contributed by atoms with Crippen molar-refractivity contribution in [1.82, 2.24) is 9.38 Å². The number of halogens is 2. The Balaban J connectivity index is 1.68. The van der Waals surface area contributed by atoms with Crippen molar-refractivity contribution in [3.05, 3.63) is 86.8 Å². The zero-order valence-electron chi connectivity index (χ0n) is 16.3. The van der Waals surface area contributed by atoms with Crippen LogP contribution in [0.1, 0.15) is 5.56 Å². The molecule has 9 heteroatoms. The Bertz CT molecular complexity index is 1310. The van der Waals surface area contributed by atoms with Crippen LogP contribution in [0.4, 0.5) is 11.5 Å². The van der Waals surface area contributed by atoms with Crippen LogP contribution in [0, 0.1) is 0 Å². The molecule has 0 aliphatic heterocycles. The number of aromatic nitrogens is 2. The van der Waals surface area contributed by atoms with Crippen molar-refractivity contribution in [2.24, 2.45) is 0 Å². The standard InChI is InChI=1S/C22H17Cl2N3O4/c1-30-19-3-2-10-27-21(19)26-20(16(12-28)22(27)29)25-14-6-9-18(17(24)11-14)31-15-7-4-13(23)5-8-15/h2-11,25,28H,12H2,1H3. The second-order valence-corrected chi connectivity index (χ2v) is 7.34. The molecular formula is C22H17Cl2N3O4. The van der Waals surface area contributed by atoms with E-state index in [9.17, 15) is 9.90 Å². The molecule has 31 heavy (non-hydrogen) atoms. The van der Waals surface area contributed by atoms with Crippen molar-refractivity contribution in [2.75, 3.05) is 12.4 Å². The van der Waals surface area contributed by atoms with Crippen molar-refractivity contribution < 1.29 is 14.6 Å². The molecule has 2 aromatic heterocycles. The van der Waals surface area contributed by atoms with Crippen LogP contribution in [0.2, 0.25) is 10.0 Å². The van der Waals surface area contributed by atoms with Gasteiger partial charge in [-0.05, 0) is 54.6 Å². The van der Waals surface area contributed by atoms with E-state index in [0.717, 1.165) is 0 Å². The number of methoxy groups -OCH3 is 1. The number of aliphatic hydroxyl groups is 1. The lowest BCUT2D eigenvalue weighted by Gasteiger charge is -2.14.